The standard InChI is InChI=1S/C20H31ClN4/c1-3-14-25-15-11-18(12-16-25)24-20(22-4-2)23-13-7-9-17-8-5-6-10-19(17)21/h3,5-6,8,10,18H,1,4,7,9,11-16H2,2H3,(H2,22,23,24). The van der Waals surface area contributed by atoms with Crippen molar-refractivity contribution in [2.24, 2.45) is 4.99 Å². The summed E-state index contributed by atoms with van der Waals surface area (Å²) in [5.74, 6) is 0.934. The SMILES string of the molecule is C=CCN1CCC(NC(=NCCCc2ccccc2Cl)NCC)CC1. The van der Waals surface area contributed by atoms with Gasteiger partial charge in [0.05, 0.1) is 0 Å². The minimum Gasteiger partial charge on any atom is -0.357 e. The average Bonchev–Trinajstić information content (AvgIpc) is 2.62. The summed E-state index contributed by atoms with van der Waals surface area (Å²) in [4.78, 5) is 7.17. The second-order valence-corrected chi connectivity index (χ2v) is 6.87. The van der Waals surface area contributed by atoms with E-state index in [1.165, 1.54) is 5.56 Å². The number of likely N-dealkylation sites (tertiary alicyclic amines) is 1. The molecule has 1 heterocycles. The van der Waals surface area contributed by atoms with Gasteiger partial charge in [0, 0.05) is 43.8 Å². The number of guanidine groups is 1. The van der Waals surface area contributed by atoms with Crippen LogP contribution in [0.2, 0.25) is 5.02 Å². The molecule has 0 aliphatic carbocycles. The molecule has 138 valence electrons. The van der Waals surface area contributed by atoms with Crippen LogP contribution in [0.25, 0.3) is 0 Å². The molecule has 1 aromatic rings. The van der Waals surface area contributed by atoms with Gasteiger partial charge in [-0.2, -0.15) is 0 Å². The van der Waals surface area contributed by atoms with Gasteiger partial charge < -0.3 is 10.6 Å². The van der Waals surface area contributed by atoms with E-state index in [2.05, 4.69) is 35.1 Å². The van der Waals surface area contributed by atoms with Gasteiger partial charge in [0.1, 0.15) is 0 Å². The second-order valence-electron chi connectivity index (χ2n) is 6.46. The van der Waals surface area contributed by atoms with Crippen LogP contribution < -0.4 is 10.6 Å². The molecule has 0 unspecified atom stereocenters. The molecule has 2 rings (SSSR count). The van der Waals surface area contributed by atoms with Crippen LogP contribution in [-0.2, 0) is 6.42 Å². The maximum absolute atomic E-state index is 6.21. The fourth-order valence-corrected chi connectivity index (χ4v) is 3.35. The minimum absolute atomic E-state index is 0.502. The molecule has 0 saturated carbocycles. The summed E-state index contributed by atoms with van der Waals surface area (Å²) in [5, 5.41) is 7.80. The number of rotatable bonds is 8. The molecule has 0 spiro atoms. The van der Waals surface area contributed by atoms with Crippen molar-refractivity contribution in [1.29, 1.82) is 0 Å². The summed E-state index contributed by atoms with van der Waals surface area (Å²) in [5.41, 5.74) is 1.20. The first-order valence-corrected chi connectivity index (χ1v) is 9.72. The van der Waals surface area contributed by atoms with E-state index in [-0.39, 0.29) is 0 Å². The fraction of sp³-hybridized carbons (Fsp3) is 0.550. The predicted octanol–water partition coefficient (Wildman–Crippen LogP) is 3.48. The first-order chi connectivity index (χ1) is 12.2. The van der Waals surface area contributed by atoms with Crippen LogP contribution in [0.15, 0.2) is 41.9 Å². The van der Waals surface area contributed by atoms with E-state index >= 15 is 0 Å². The molecule has 1 saturated heterocycles. The summed E-state index contributed by atoms with van der Waals surface area (Å²) in [6, 6.07) is 8.55. The molecule has 1 fully saturated rings. The highest BCUT2D eigenvalue weighted by molar-refractivity contribution is 6.31. The number of hydrogen-bond acceptors (Lipinski definition) is 2. The van der Waals surface area contributed by atoms with E-state index in [0.717, 1.165) is 69.4 Å². The number of aryl methyl sites for hydroxylation is 1. The molecule has 2 N–H and O–H groups in total. The third-order valence-corrected chi connectivity index (χ3v) is 4.86. The Bertz CT molecular complexity index is 550. The lowest BCUT2D eigenvalue weighted by molar-refractivity contribution is 0.225. The Hall–Kier alpha value is -1.52. The molecule has 4 nitrogen and oxygen atoms in total. The summed E-state index contributed by atoms with van der Waals surface area (Å²) in [6.45, 7) is 10.8. The third kappa shape index (κ3) is 7.09. The number of piperidine rings is 1. The van der Waals surface area contributed by atoms with Crippen LogP contribution in [0.1, 0.15) is 31.7 Å². The highest BCUT2D eigenvalue weighted by atomic mass is 35.5. The van der Waals surface area contributed by atoms with Gasteiger partial charge in [-0.1, -0.05) is 35.9 Å². The molecule has 0 aromatic heterocycles. The van der Waals surface area contributed by atoms with E-state index < -0.39 is 0 Å². The average molecular weight is 363 g/mol. The Kier molecular flexibility index (Phi) is 8.84. The van der Waals surface area contributed by atoms with Gasteiger partial charge in [-0.3, -0.25) is 9.89 Å². The fourth-order valence-electron chi connectivity index (χ4n) is 3.12. The summed E-state index contributed by atoms with van der Waals surface area (Å²) in [6.07, 6.45) is 6.24. The van der Waals surface area contributed by atoms with E-state index in [9.17, 15) is 0 Å². The molecule has 1 aliphatic heterocycles. The maximum atomic E-state index is 6.21. The van der Waals surface area contributed by atoms with Crippen molar-refractivity contribution in [3.05, 3.63) is 47.5 Å². The van der Waals surface area contributed by atoms with E-state index in [4.69, 9.17) is 16.6 Å². The van der Waals surface area contributed by atoms with Crippen LogP contribution in [-0.4, -0.2) is 49.6 Å². The lowest BCUT2D eigenvalue weighted by Gasteiger charge is -2.32. The number of nitrogens with one attached hydrogen (secondary N) is 2. The van der Waals surface area contributed by atoms with Crippen LogP contribution in [0, 0.1) is 0 Å². The summed E-state index contributed by atoms with van der Waals surface area (Å²) < 4.78 is 0. The highest BCUT2D eigenvalue weighted by Gasteiger charge is 2.18. The monoisotopic (exact) mass is 362 g/mol. The van der Waals surface area contributed by atoms with E-state index in [0.29, 0.717) is 6.04 Å². The van der Waals surface area contributed by atoms with Gasteiger partial charge in [0.25, 0.3) is 0 Å². The molecule has 25 heavy (non-hydrogen) atoms. The molecular weight excluding hydrogens is 332 g/mol. The van der Waals surface area contributed by atoms with Crippen LogP contribution in [0.5, 0.6) is 0 Å². The second kappa shape index (κ2) is 11.2. The Morgan fingerprint density at radius 2 is 2.12 bits per heavy atom. The quantitative estimate of drug-likeness (QED) is 0.322. The van der Waals surface area contributed by atoms with Crippen molar-refractivity contribution in [3.8, 4) is 0 Å². The Morgan fingerprint density at radius 3 is 2.80 bits per heavy atom. The first kappa shape index (κ1) is 19.8. The van der Waals surface area contributed by atoms with E-state index in [1.807, 2.05) is 24.3 Å². The number of halogens is 1. The zero-order chi connectivity index (χ0) is 17.9. The van der Waals surface area contributed by atoms with E-state index in [1.54, 1.807) is 0 Å². The molecule has 5 heteroatoms. The van der Waals surface area contributed by atoms with Gasteiger partial charge in [0.15, 0.2) is 5.96 Å². The first-order valence-electron chi connectivity index (χ1n) is 9.34. The number of aliphatic imine (C=N–C) groups is 1. The van der Waals surface area contributed by atoms with Crippen molar-refractivity contribution in [2.45, 2.75) is 38.6 Å². The van der Waals surface area contributed by atoms with Crippen molar-refractivity contribution in [2.75, 3.05) is 32.7 Å². The zero-order valence-corrected chi connectivity index (χ0v) is 16.1. The minimum atomic E-state index is 0.502. The topological polar surface area (TPSA) is 39.7 Å². The molecule has 1 aliphatic rings. The molecule has 1 aromatic carbocycles. The van der Waals surface area contributed by atoms with Crippen LogP contribution >= 0.6 is 11.6 Å². The summed E-state index contributed by atoms with van der Waals surface area (Å²) >= 11 is 6.21. The van der Waals surface area contributed by atoms with Gasteiger partial charge in [0.2, 0.25) is 0 Å². The third-order valence-electron chi connectivity index (χ3n) is 4.49. The highest BCUT2D eigenvalue weighted by Crippen LogP contribution is 2.16. The lowest BCUT2D eigenvalue weighted by atomic mass is 10.1. The Morgan fingerprint density at radius 1 is 1.36 bits per heavy atom. The lowest BCUT2D eigenvalue weighted by Crippen LogP contribution is -2.48. The largest absolute Gasteiger partial charge is 0.357 e. The smallest absolute Gasteiger partial charge is 0.191 e. The van der Waals surface area contributed by atoms with Crippen molar-refractivity contribution in [1.82, 2.24) is 15.5 Å². The number of nitrogens with zero attached hydrogens (tertiary/aromatic N) is 2. The number of benzene rings is 1. The molecule has 0 atom stereocenters. The predicted molar refractivity (Wildman–Crippen MR) is 109 cm³/mol. The Balaban J connectivity index is 1.76. The van der Waals surface area contributed by atoms with Gasteiger partial charge in [-0.15, -0.1) is 6.58 Å². The molecule has 0 amide bonds. The van der Waals surface area contributed by atoms with Gasteiger partial charge in [-0.05, 0) is 44.2 Å². The van der Waals surface area contributed by atoms with Gasteiger partial charge >= 0.3 is 0 Å². The maximum Gasteiger partial charge on any atom is 0.191 e. The zero-order valence-electron chi connectivity index (χ0n) is 15.3. The molecule has 0 bridgehead atoms. The number of hydrogen-bond donors (Lipinski definition) is 2. The van der Waals surface area contributed by atoms with Crippen molar-refractivity contribution >= 4 is 17.6 Å². The van der Waals surface area contributed by atoms with Crippen LogP contribution in [0.3, 0.4) is 0 Å². The van der Waals surface area contributed by atoms with Gasteiger partial charge in [-0.25, -0.2) is 0 Å². The molecular formula is C20H31ClN4. The Labute approximate surface area is 157 Å². The molecule has 0 radical (unpaired) electrons. The van der Waals surface area contributed by atoms with Crippen LogP contribution in [0.4, 0.5) is 0 Å². The van der Waals surface area contributed by atoms with Crippen molar-refractivity contribution in [3.63, 3.8) is 0 Å². The van der Waals surface area contributed by atoms with Crippen molar-refractivity contribution < 1.29 is 0 Å². The summed E-state index contributed by atoms with van der Waals surface area (Å²) in [7, 11) is 0. The normalized spacial score (nSPS) is 16.6.